The molecule has 1 aliphatic heterocycles. The largest absolute Gasteiger partial charge is 0.468 e. The predicted octanol–water partition coefficient (Wildman–Crippen LogP) is 0.0271. The van der Waals surface area contributed by atoms with Crippen LogP contribution in [0.3, 0.4) is 0 Å². The summed E-state index contributed by atoms with van der Waals surface area (Å²) in [7, 11) is 1.37. The van der Waals surface area contributed by atoms with Gasteiger partial charge in [0.25, 0.3) is 0 Å². The molecule has 74 valence electrons. The molecule has 1 heterocycles. The molecule has 0 bridgehead atoms. The van der Waals surface area contributed by atoms with Gasteiger partial charge in [0.05, 0.1) is 18.8 Å². The van der Waals surface area contributed by atoms with Crippen molar-refractivity contribution in [3.63, 3.8) is 0 Å². The van der Waals surface area contributed by atoms with Crippen LogP contribution in [0.5, 0.6) is 0 Å². The fourth-order valence-corrected chi connectivity index (χ4v) is 2.07. The van der Waals surface area contributed by atoms with Gasteiger partial charge in [-0.1, -0.05) is 6.92 Å². The average Bonchev–Trinajstić information content (AvgIpc) is 2.15. The van der Waals surface area contributed by atoms with Crippen molar-refractivity contribution >= 4 is 23.6 Å². The lowest BCUT2D eigenvalue weighted by molar-refractivity contribution is -0.137. The van der Waals surface area contributed by atoms with Gasteiger partial charge in [0.15, 0.2) is 0 Å². The predicted molar refractivity (Wildman–Crippen MR) is 50.4 cm³/mol. The van der Waals surface area contributed by atoms with Gasteiger partial charge in [-0.05, 0) is 0 Å². The highest BCUT2D eigenvalue weighted by atomic mass is 32.2. The number of hydrogen-bond donors (Lipinski definition) is 1. The van der Waals surface area contributed by atoms with Gasteiger partial charge in [0.2, 0.25) is 5.91 Å². The smallest absolute Gasteiger partial charge is 0.315 e. The van der Waals surface area contributed by atoms with Gasteiger partial charge in [-0.3, -0.25) is 9.59 Å². The number of ether oxygens (including phenoxy) is 1. The van der Waals surface area contributed by atoms with Crippen molar-refractivity contribution in [1.29, 1.82) is 0 Å². The van der Waals surface area contributed by atoms with E-state index < -0.39 is 0 Å². The first-order valence-electron chi connectivity index (χ1n) is 4.10. The molecule has 1 rings (SSSR count). The fourth-order valence-electron chi connectivity index (χ4n) is 1.04. The summed E-state index contributed by atoms with van der Waals surface area (Å²) in [6, 6.07) is 0.224. The van der Waals surface area contributed by atoms with Crippen molar-refractivity contribution in [2.45, 2.75) is 13.0 Å². The topological polar surface area (TPSA) is 55.4 Å². The summed E-state index contributed by atoms with van der Waals surface area (Å²) in [4.78, 5) is 21.5. The Hall–Kier alpha value is -0.710. The summed E-state index contributed by atoms with van der Waals surface area (Å²) >= 11 is 1.49. The number of hydrogen-bond acceptors (Lipinski definition) is 4. The molecular formula is C8H13NO3S. The molecule has 1 fully saturated rings. The molecule has 0 radical (unpaired) electrons. The van der Waals surface area contributed by atoms with Gasteiger partial charge in [-0.2, -0.15) is 0 Å². The third-order valence-electron chi connectivity index (χ3n) is 2.09. The Morgan fingerprint density at radius 3 is 2.85 bits per heavy atom. The third-order valence-corrected chi connectivity index (χ3v) is 3.12. The number of amides is 1. The molecule has 0 spiro atoms. The SMILES string of the molecule is COC(=O)CSC[C@@H]1NC(=O)C1C. The van der Waals surface area contributed by atoms with Crippen LogP contribution in [0.4, 0.5) is 0 Å². The maximum absolute atomic E-state index is 10.8. The number of thioether (sulfide) groups is 1. The molecule has 1 amide bonds. The van der Waals surface area contributed by atoms with Gasteiger partial charge < -0.3 is 10.1 Å². The Bertz CT molecular complexity index is 219. The summed E-state index contributed by atoms with van der Waals surface area (Å²) in [6.45, 7) is 1.89. The first-order chi connectivity index (χ1) is 6.15. The van der Waals surface area contributed by atoms with Crippen LogP contribution in [0.25, 0.3) is 0 Å². The zero-order valence-electron chi connectivity index (χ0n) is 7.70. The van der Waals surface area contributed by atoms with Crippen LogP contribution >= 0.6 is 11.8 Å². The molecule has 0 saturated carbocycles. The lowest BCUT2D eigenvalue weighted by Crippen LogP contribution is -2.58. The zero-order valence-corrected chi connectivity index (χ0v) is 8.52. The Morgan fingerprint density at radius 1 is 1.69 bits per heavy atom. The monoisotopic (exact) mass is 203 g/mol. The van der Waals surface area contributed by atoms with Crippen LogP contribution in [0.1, 0.15) is 6.92 Å². The van der Waals surface area contributed by atoms with Crippen LogP contribution < -0.4 is 5.32 Å². The second kappa shape index (κ2) is 4.50. The fraction of sp³-hybridized carbons (Fsp3) is 0.750. The van der Waals surface area contributed by atoms with Crippen molar-refractivity contribution in [1.82, 2.24) is 5.32 Å². The van der Waals surface area contributed by atoms with E-state index in [0.29, 0.717) is 5.75 Å². The molecule has 1 saturated heterocycles. The summed E-state index contributed by atoms with van der Waals surface area (Å²) < 4.78 is 4.48. The van der Waals surface area contributed by atoms with Gasteiger partial charge >= 0.3 is 5.97 Å². The van der Waals surface area contributed by atoms with E-state index in [4.69, 9.17) is 0 Å². The number of carbonyl (C=O) groups excluding carboxylic acids is 2. The maximum atomic E-state index is 10.8. The van der Waals surface area contributed by atoms with E-state index in [2.05, 4.69) is 10.1 Å². The van der Waals surface area contributed by atoms with Crippen LogP contribution in [-0.2, 0) is 14.3 Å². The second-order valence-electron chi connectivity index (χ2n) is 3.00. The summed E-state index contributed by atoms with van der Waals surface area (Å²) in [5, 5.41) is 2.77. The zero-order chi connectivity index (χ0) is 9.84. The molecule has 0 aliphatic carbocycles. The van der Waals surface area contributed by atoms with Gasteiger partial charge in [0.1, 0.15) is 0 Å². The Labute approximate surface area is 81.4 Å². The molecule has 2 atom stereocenters. The van der Waals surface area contributed by atoms with Crippen molar-refractivity contribution in [2.75, 3.05) is 18.6 Å². The molecule has 4 nitrogen and oxygen atoms in total. The number of esters is 1. The van der Waals surface area contributed by atoms with E-state index >= 15 is 0 Å². The first-order valence-corrected chi connectivity index (χ1v) is 5.25. The van der Waals surface area contributed by atoms with Crippen molar-refractivity contribution in [3.05, 3.63) is 0 Å². The molecular weight excluding hydrogens is 190 g/mol. The third kappa shape index (κ3) is 2.62. The standard InChI is InChI=1S/C8H13NO3S/c1-5-6(9-8(5)11)3-13-4-7(10)12-2/h5-6H,3-4H2,1-2H3,(H,9,11)/t5?,6-/m0/s1. The van der Waals surface area contributed by atoms with Crippen molar-refractivity contribution < 1.29 is 14.3 Å². The van der Waals surface area contributed by atoms with Crippen LogP contribution in [0, 0.1) is 5.92 Å². The first kappa shape index (κ1) is 10.4. The molecule has 0 aromatic carbocycles. The normalized spacial score (nSPS) is 26.2. The van der Waals surface area contributed by atoms with E-state index in [1.54, 1.807) is 0 Å². The number of rotatable bonds is 4. The molecule has 5 heteroatoms. The van der Waals surface area contributed by atoms with E-state index in [1.165, 1.54) is 18.9 Å². The Balaban J connectivity index is 2.07. The molecule has 1 N–H and O–H groups in total. The number of methoxy groups -OCH3 is 1. The van der Waals surface area contributed by atoms with E-state index in [-0.39, 0.29) is 23.8 Å². The van der Waals surface area contributed by atoms with Crippen LogP contribution in [-0.4, -0.2) is 36.5 Å². The quantitative estimate of drug-likeness (QED) is 0.517. The molecule has 1 unspecified atom stereocenters. The number of nitrogens with one attached hydrogen (secondary N) is 1. The van der Waals surface area contributed by atoms with Crippen LogP contribution in [0.2, 0.25) is 0 Å². The van der Waals surface area contributed by atoms with E-state index in [9.17, 15) is 9.59 Å². The van der Waals surface area contributed by atoms with E-state index in [0.717, 1.165) is 5.75 Å². The van der Waals surface area contributed by atoms with Crippen molar-refractivity contribution in [3.8, 4) is 0 Å². The molecule has 1 aliphatic rings. The second-order valence-corrected chi connectivity index (χ2v) is 4.03. The van der Waals surface area contributed by atoms with Crippen LogP contribution in [0.15, 0.2) is 0 Å². The number of carbonyl (C=O) groups is 2. The Morgan fingerprint density at radius 2 is 2.38 bits per heavy atom. The molecule has 0 aromatic rings. The highest BCUT2D eigenvalue weighted by Crippen LogP contribution is 2.18. The highest BCUT2D eigenvalue weighted by molar-refractivity contribution is 7.99. The maximum Gasteiger partial charge on any atom is 0.315 e. The van der Waals surface area contributed by atoms with Gasteiger partial charge in [-0.15, -0.1) is 11.8 Å². The minimum atomic E-state index is -0.219. The minimum absolute atomic E-state index is 0.0881. The molecule has 13 heavy (non-hydrogen) atoms. The highest BCUT2D eigenvalue weighted by Gasteiger charge is 2.34. The average molecular weight is 203 g/mol. The Kier molecular flexibility index (Phi) is 3.59. The number of β-lactam (4-membered cyclic amide) rings is 1. The van der Waals surface area contributed by atoms with Crippen molar-refractivity contribution in [2.24, 2.45) is 5.92 Å². The lowest BCUT2D eigenvalue weighted by atomic mass is 9.94. The molecule has 0 aromatic heterocycles. The summed E-state index contributed by atoms with van der Waals surface area (Å²) in [6.07, 6.45) is 0. The van der Waals surface area contributed by atoms with Gasteiger partial charge in [0, 0.05) is 11.8 Å². The summed E-state index contributed by atoms with van der Waals surface area (Å²) in [5.41, 5.74) is 0. The van der Waals surface area contributed by atoms with Gasteiger partial charge in [-0.25, -0.2) is 0 Å². The lowest BCUT2D eigenvalue weighted by Gasteiger charge is -2.33. The van der Waals surface area contributed by atoms with E-state index in [1.807, 2.05) is 6.92 Å². The summed E-state index contributed by atoms with van der Waals surface area (Å²) in [5.74, 6) is 1.11. The minimum Gasteiger partial charge on any atom is -0.468 e.